The van der Waals surface area contributed by atoms with Gasteiger partial charge in [-0.05, 0) is 31.0 Å². The largest absolute Gasteiger partial charge is 0.493 e. The van der Waals surface area contributed by atoms with Crippen LogP contribution in [0.15, 0.2) is 18.2 Å². The molecule has 24 heavy (non-hydrogen) atoms. The first-order valence-corrected chi connectivity index (χ1v) is 8.84. The van der Waals surface area contributed by atoms with Crippen molar-refractivity contribution in [2.45, 2.75) is 29.2 Å². The van der Waals surface area contributed by atoms with Crippen molar-refractivity contribution in [2.24, 2.45) is 0 Å². The van der Waals surface area contributed by atoms with Crippen LogP contribution in [0.5, 0.6) is 11.5 Å². The summed E-state index contributed by atoms with van der Waals surface area (Å²) in [6, 6.07) is 4.90. The average Bonchev–Trinajstić information content (AvgIpc) is 2.58. The molecule has 0 unspecified atom stereocenters. The van der Waals surface area contributed by atoms with E-state index in [0.29, 0.717) is 17.1 Å². The number of piperidine rings is 1. The van der Waals surface area contributed by atoms with Crippen molar-refractivity contribution >= 4 is 40.7 Å². The molecule has 1 N–H and O–H groups in total. The molecule has 1 aromatic rings. The number of rotatable bonds is 5. The average molecular weight is 396 g/mol. The predicted octanol–water partition coefficient (Wildman–Crippen LogP) is 3.62. The normalized spacial score (nSPS) is 17.2. The molecule has 1 atom stereocenters. The molecule has 134 valence electrons. The number of benzene rings is 1. The quantitative estimate of drug-likeness (QED) is 0.774. The van der Waals surface area contributed by atoms with Gasteiger partial charge in [-0.25, -0.2) is 0 Å². The molecule has 1 amide bonds. The number of carbonyl (C=O) groups is 1. The minimum absolute atomic E-state index is 0.335. The van der Waals surface area contributed by atoms with Crippen LogP contribution in [-0.2, 0) is 0 Å². The van der Waals surface area contributed by atoms with Crippen molar-refractivity contribution in [3.05, 3.63) is 23.8 Å². The molecular weight excluding hydrogens is 375 g/mol. The minimum Gasteiger partial charge on any atom is -0.493 e. The number of amides is 1. The Morgan fingerprint density at radius 1 is 1.12 bits per heavy atom. The van der Waals surface area contributed by atoms with E-state index in [1.54, 1.807) is 18.2 Å². The molecular formula is C16H21Cl3N2O3. The van der Waals surface area contributed by atoms with Gasteiger partial charge < -0.3 is 14.8 Å². The lowest BCUT2D eigenvalue weighted by molar-refractivity contribution is 0.0819. The van der Waals surface area contributed by atoms with Gasteiger partial charge in [-0.1, -0.05) is 41.2 Å². The maximum Gasteiger partial charge on any atom is 0.252 e. The van der Waals surface area contributed by atoms with Gasteiger partial charge in [0.2, 0.25) is 3.79 Å². The molecule has 5 nitrogen and oxygen atoms in total. The molecule has 0 saturated carbocycles. The van der Waals surface area contributed by atoms with E-state index in [4.69, 9.17) is 44.3 Å². The third-order valence-corrected chi connectivity index (χ3v) is 4.60. The molecule has 1 fully saturated rings. The fraction of sp³-hybridized carbons (Fsp3) is 0.562. The summed E-state index contributed by atoms with van der Waals surface area (Å²) in [5, 5.41) is 2.83. The number of carbonyl (C=O) groups excluding carboxylic acids is 1. The van der Waals surface area contributed by atoms with Crippen LogP contribution < -0.4 is 14.8 Å². The summed E-state index contributed by atoms with van der Waals surface area (Å²) in [6.45, 7) is 1.57. The van der Waals surface area contributed by atoms with Gasteiger partial charge in [0.25, 0.3) is 5.91 Å². The fourth-order valence-corrected chi connectivity index (χ4v) is 3.32. The molecule has 2 rings (SSSR count). The van der Waals surface area contributed by atoms with Crippen molar-refractivity contribution in [1.82, 2.24) is 10.2 Å². The minimum atomic E-state index is -1.62. The standard InChI is InChI=1S/C16H21Cl3N2O3/c1-23-12-7-6-11(10-13(12)24-2)14(22)20-15(16(17,18)19)21-8-4-3-5-9-21/h6-7,10,15H,3-5,8-9H2,1-2H3,(H,20,22)/t15-/m1/s1. The van der Waals surface area contributed by atoms with Crippen LogP contribution in [-0.4, -0.2) is 48.1 Å². The molecule has 1 aliphatic rings. The van der Waals surface area contributed by atoms with Crippen molar-refractivity contribution in [1.29, 1.82) is 0 Å². The number of methoxy groups -OCH3 is 2. The van der Waals surface area contributed by atoms with E-state index < -0.39 is 9.96 Å². The maximum atomic E-state index is 12.6. The SMILES string of the molecule is COc1ccc(C(=O)N[C@H](N2CCCCC2)C(Cl)(Cl)Cl)cc1OC. The smallest absolute Gasteiger partial charge is 0.252 e. The second-order valence-corrected chi connectivity index (χ2v) is 7.95. The van der Waals surface area contributed by atoms with Gasteiger partial charge in [-0.2, -0.15) is 0 Å². The van der Waals surface area contributed by atoms with E-state index in [1.165, 1.54) is 14.2 Å². The van der Waals surface area contributed by atoms with E-state index in [-0.39, 0.29) is 5.91 Å². The molecule has 0 radical (unpaired) electrons. The number of alkyl halides is 3. The monoisotopic (exact) mass is 394 g/mol. The van der Waals surface area contributed by atoms with Crippen molar-refractivity contribution in [3.8, 4) is 11.5 Å². The highest BCUT2D eigenvalue weighted by molar-refractivity contribution is 6.68. The van der Waals surface area contributed by atoms with E-state index in [0.717, 1.165) is 32.4 Å². The van der Waals surface area contributed by atoms with Crippen LogP contribution in [0.1, 0.15) is 29.6 Å². The second-order valence-electron chi connectivity index (χ2n) is 5.58. The summed E-state index contributed by atoms with van der Waals surface area (Å²) in [5.74, 6) is 0.675. The van der Waals surface area contributed by atoms with Gasteiger partial charge in [-0.3, -0.25) is 9.69 Å². The summed E-state index contributed by atoms with van der Waals surface area (Å²) >= 11 is 18.3. The third kappa shape index (κ3) is 4.82. The molecule has 1 saturated heterocycles. The first-order valence-electron chi connectivity index (χ1n) is 7.70. The Balaban J connectivity index is 2.18. The van der Waals surface area contributed by atoms with Crippen LogP contribution in [0.3, 0.4) is 0 Å². The zero-order valence-electron chi connectivity index (χ0n) is 13.7. The van der Waals surface area contributed by atoms with Crippen LogP contribution >= 0.6 is 34.8 Å². The van der Waals surface area contributed by atoms with Gasteiger partial charge in [0.15, 0.2) is 11.5 Å². The zero-order chi connectivity index (χ0) is 17.7. The number of ether oxygens (including phenoxy) is 2. The highest BCUT2D eigenvalue weighted by atomic mass is 35.6. The lowest BCUT2D eigenvalue weighted by Crippen LogP contribution is -2.56. The number of hydrogen-bond donors (Lipinski definition) is 1. The van der Waals surface area contributed by atoms with Crippen LogP contribution in [0.4, 0.5) is 0 Å². The molecule has 1 aromatic carbocycles. The van der Waals surface area contributed by atoms with E-state index >= 15 is 0 Å². The van der Waals surface area contributed by atoms with Gasteiger partial charge in [0.05, 0.1) is 14.2 Å². The molecule has 0 spiro atoms. The highest BCUT2D eigenvalue weighted by Crippen LogP contribution is 2.34. The van der Waals surface area contributed by atoms with Gasteiger partial charge in [0, 0.05) is 18.7 Å². The van der Waals surface area contributed by atoms with Crippen molar-refractivity contribution in [3.63, 3.8) is 0 Å². The molecule has 0 aliphatic carbocycles. The van der Waals surface area contributed by atoms with E-state index in [9.17, 15) is 4.79 Å². The molecule has 0 aromatic heterocycles. The lowest BCUT2D eigenvalue weighted by atomic mass is 10.1. The summed E-state index contributed by atoms with van der Waals surface area (Å²) in [4.78, 5) is 14.6. The van der Waals surface area contributed by atoms with Crippen molar-refractivity contribution in [2.75, 3.05) is 27.3 Å². The Kier molecular flexibility index (Phi) is 6.87. The fourth-order valence-electron chi connectivity index (χ4n) is 2.74. The number of nitrogens with one attached hydrogen (secondary N) is 1. The maximum absolute atomic E-state index is 12.6. The van der Waals surface area contributed by atoms with E-state index in [1.807, 2.05) is 4.90 Å². The summed E-state index contributed by atoms with van der Waals surface area (Å²) in [5.41, 5.74) is 0.406. The van der Waals surface area contributed by atoms with Crippen molar-refractivity contribution < 1.29 is 14.3 Å². The first kappa shape index (κ1) is 19.4. The molecule has 1 heterocycles. The van der Waals surface area contributed by atoms with Gasteiger partial charge in [0.1, 0.15) is 6.17 Å². The number of likely N-dealkylation sites (tertiary alicyclic amines) is 1. The number of nitrogens with zero attached hydrogens (tertiary/aromatic N) is 1. The molecule has 8 heteroatoms. The second kappa shape index (κ2) is 8.48. The van der Waals surface area contributed by atoms with Gasteiger partial charge in [-0.15, -0.1) is 0 Å². The van der Waals surface area contributed by atoms with Gasteiger partial charge >= 0.3 is 0 Å². The lowest BCUT2D eigenvalue weighted by Gasteiger charge is -2.38. The predicted molar refractivity (Wildman–Crippen MR) is 96.5 cm³/mol. The Labute approximate surface area is 157 Å². The van der Waals surface area contributed by atoms with Crippen LogP contribution in [0.25, 0.3) is 0 Å². The zero-order valence-corrected chi connectivity index (χ0v) is 15.9. The Hall–Kier alpha value is -0.880. The molecule has 1 aliphatic heterocycles. The summed E-state index contributed by atoms with van der Waals surface area (Å²) < 4.78 is 8.77. The molecule has 0 bridgehead atoms. The summed E-state index contributed by atoms with van der Waals surface area (Å²) in [6.07, 6.45) is 2.49. The van der Waals surface area contributed by atoms with Crippen LogP contribution in [0, 0.1) is 0 Å². The number of halogens is 3. The third-order valence-electron chi connectivity index (χ3n) is 3.98. The number of hydrogen-bond acceptors (Lipinski definition) is 4. The Bertz CT molecular complexity index is 572. The highest BCUT2D eigenvalue weighted by Gasteiger charge is 2.39. The Morgan fingerprint density at radius 3 is 2.29 bits per heavy atom. The van der Waals surface area contributed by atoms with Crippen LogP contribution in [0.2, 0.25) is 0 Å². The first-order chi connectivity index (χ1) is 11.4. The summed E-state index contributed by atoms with van der Waals surface area (Å²) in [7, 11) is 3.05. The Morgan fingerprint density at radius 2 is 1.75 bits per heavy atom. The topological polar surface area (TPSA) is 50.8 Å². The van der Waals surface area contributed by atoms with E-state index in [2.05, 4.69) is 5.32 Å².